The van der Waals surface area contributed by atoms with Crippen molar-refractivity contribution < 1.29 is 9.53 Å². The second-order valence-corrected chi connectivity index (χ2v) is 8.15. The normalized spacial score (nSPS) is 19.9. The molecule has 0 fully saturated rings. The Hall–Kier alpha value is -2.64. The third-order valence-electron chi connectivity index (χ3n) is 5.48. The maximum atomic E-state index is 13.1. The molecule has 2 aliphatic rings. The molecule has 5 rings (SSSR count). The third kappa shape index (κ3) is 2.91. The number of hydrogen-bond acceptors (Lipinski definition) is 6. The molecule has 0 radical (unpaired) electrons. The fraction of sp³-hybridized carbons (Fsp3) is 0.286. The summed E-state index contributed by atoms with van der Waals surface area (Å²) in [5, 5.41) is 4.49. The summed E-state index contributed by atoms with van der Waals surface area (Å²) in [6.07, 6.45) is 2.42. The molecule has 3 aromatic rings. The molecule has 3 heterocycles. The van der Waals surface area contributed by atoms with Crippen LogP contribution in [0.5, 0.6) is 5.75 Å². The molecule has 0 aliphatic carbocycles. The number of fused-ring (bicyclic) bond motifs is 2. The molecule has 0 bridgehead atoms. The first kappa shape index (κ1) is 17.5. The lowest BCUT2D eigenvalue weighted by atomic mass is 9.94. The van der Waals surface area contributed by atoms with Gasteiger partial charge in [0.05, 0.1) is 13.2 Å². The van der Waals surface area contributed by atoms with E-state index < -0.39 is 0 Å². The highest BCUT2D eigenvalue weighted by Crippen LogP contribution is 2.42. The number of rotatable bonds is 4. The van der Waals surface area contributed by atoms with E-state index in [1.807, 2.05) is 18.2 Å². The van der Waals surface area contributed by atoms with Crippen LogP contribution in [0.4, 0.5) is 0 Å². The van der Waals surface area contributed by atoms with E-state index in [2.05, 4.69) is 45.3 Å². The number of hydrogen-bond donors (Lipinski definition) is 0. The van der Waals surface area contributed by atoms with Gasteiger partial charge in [-0.25, -0.2) is 4.98 Å². The Morgan fingerprint density at radius 3 is 2.86 bits per heavy atom. The van der Waals surface area contributed by atoms with Crippen molar-refractivity contribution in [2.45, 2.75) is 29.4 Å². The average Bonchev–Trinajstić information content (AvgIpc) is 3.32. The lowest BCUT2D eigenvalue weighted by Crippen LogP contribution is -2.41. The summed E-state index contributed by atoms with van der Waals surface area (Å²) < 4.78 is 6.88. The summed E-state index contributed by atoms with van der Waals surface area (Å²) >= 11 is 1.50. The molecule has 2 unspecified atom stereocenters. The van der Waals surface area contributed by atoms with E-state index in [0.29, 0.717) is 5.16 Å². The average molecular weight is 392 g/mol. The molecule has 0 saturated carbocycles. The number of benzene rings is 2. The molecule has 1 aromatic heterocycles. The summed E-state index contributed by atoms with van der Waals surface area (Å²) in [6, 6.07) is 16.5. The Kier molecular flexibility index (Phi) is 4.41. The van der Waals surface area contributed by atoms with Crippen LogP contribution in [0.1, 0.15) is 27.5 Å². The van der Waals surface area contributed by atoms with Crippen LogP contribution in [-0.2, 0) is 13.0 Å². The van der Waals surface area contributed by atoms with Gasteiger partial charge in [0.15, 0.2) is 5.16 Å². The van der Waals surface area contributed by atoms with Crippen molar-refractivity contribution in [3.05, 3.63) is 71.5 Å². The molecule has 6 nitrogen and oxygen atoms in total. The van der Waals surface area contributed by atoms with E-state index in [9.17, 15) is 4.79 Å². The van der Waals surface area contributed by atoms with E-state index in [-0.39, 0.29) is 17.2 Å². The predicted octanol–water partition coefficient (Wildman–Crippen LogP) is 3.20. The van der Waals surface area contributed by atoms with Crippen molar-refractivity contribution >= 4 is 17.7 Å². The zero-order valence-electron chi connectivity index (χ0n) is 15.5. The van der Waals surface area contributed by atoms with Crippen molar-refractivity contribution in [3.63, 3.8) is 0 Å². The minimum atomic E-state index is -0.284. The molecule has 0 saturated heterocycles. The monoisotopic (exact) mass is 392 g/mol. The standard InChI is InChI=1S/C21H20N4O2S/c1-27-17-8-4-7-15(11-17)18(19-20(26)25-21(28-19)22-13-23-25)24-10-9-14-5-2-3-6-16(14)12-24/h2-8,11,13,18-19H,9-10,12H2,1H3. The molecular formula is C21H20N4O2S. The number of carbonyl (C=O) groups excluding carboxylic acids is 1. The Balaban J connectivity index is 1.54. The molecule has 0 amide bonds. The molecule has 0 spiro atoms. The molecular weight excluding hydrogens is 372 g/mol. The smallest absolute Gasteiger partial charge is 0.264 e. The van der Waals surface area contributed by atoms with Crippen LogP contribution in [0.2, 0.25) is 0 Å². The highest BCUT2D eigenvalue weighted by molar-refractivity contribution is 8.00. The Morgan fingerprint density at radius 2 is 2.04 bits per heavy atom. The van der Waals surface area contributed by atoms with Gasteiger partial charge in [-0.2, -0.15) is 9.78 Å². The molecule has 2 aromatic carbocycles. The Bertz CT molecular complexity index is 1030. The SMILES string of the molecule is COc1cccc(C(C2Sc3ncnn3C2=O)N2CCc3ccccc3C2)c1. The summed E-state index contributed by atoms with van der Waals surface area (Å²) in [5.41, 5.74) is 3.80. The van der Waals surface area contributed by atoms with Gasteiger partial charge in [0.1, 0.15) is 17.3 Å². The first-order valence-corrected chi connectivity index (χ1v) is 10.2. The number of ether oxygens (including phenoxy) is 1. The Morgan fingerprint density at radius 1 is 1.18 bits per heavy atom. The molecule has 142 valence electrons. The van der Waals surface area contributed by atoms with Gasteiger partial charge in [-0.05, 0) is 35.2 Å². The second kappa shape index (κ2) is 7.07. The van der Waals surface area contributed by atoms with Crippen LogP contribution < -0.4 is 4.74 Å². The summed E-state index contributed by atoms with van der Waals surface area (Å²) in [7, 11) is 1.67. The van der Waals surface area contributed by atoms with E-state index in [0.717, 1.165) is 30.8 Å². The van der Waals surface area contributed by atoms with Gasteiger partial charge in [-0.3, -0.25) is 9.69 Å². The lowest BCUT2D eigenvalue weighted by molar-refractivity contribution is 0.0824. The van der Waals surface area contributed by atoms with Crippen LogP contribution in [0.15, 0.2) is 60.0 Å². The maximum Gasteiger partial charge on any atom is 0.264 e. The first-order chi connectivity index (χ1) is 13.7. The van der Waals surface area contributed by atoms with Crippen LogP contribution in [0.3, 0.4) is 0 Å². The van der Waals surface area contributed by atoms with E-state index >= 15 is 0 Å². The summed E-state index contributed by atoms with van der Waals surface area (Å²) in [5.74, 6) is 0.787. The van der Waals surface area contributed by atoms with Gasteiger partial charge < -0.3 is 4.74 Å². The van der Waals surface area contributed by atoms with E-state index in [1.54, 1.807) is 7.11 Å². The van der Waals surface area contributed by atoms with Crippen LogP contribution in [0.25, 0.3) is 0 Å². The zero-order valence-corrected chi connectivity index (χ0v) is 16.3. The minimum Gasteiger partial charge on any atom is -0.497 e. The third-order valence-corrected chi connectivity index (χ3v) is 6.68. The van der Waals surface area contributed by atoms with Crippen LogP contribution in [0, 0.1) is 0 Å². The quantitative estimate of drug-likeness (QED) is 0.680. The second-order valence-electron chi connectivity index (χ2n) is 7.04. The number of carbonyl (C=O) groups is 1. The topological polar surface area (TPSA) is 60.3 Å². The van der Waals surface area contributed by atoms with E-state index in [4.69, 9.17) is 4.74 Å². The molecule has 7 heteroatoms. The van der Waals surface area contributed by atoms with Crippen LogP contribution in [-0.4, -0.2) is 44.5 Å². The van der Waals surface area contributed by atoms with Gasteiger partial charge in [0.2, 0.25) is 0 Å². The van der Waals surface area contributed by atoms with Crippen molar-refractivity contribution in [1.82, 2.24) is 19.7 Å². The number of nitrogens with zero attached hydrogens (tertiary/aromatic N) is 4. The molecule has 2 atom stereocenters. The molecule has 28 heavy (non-hydrogen) atoms. The first-order valence-electron chi connectivity index (χ1n) is 9.30. The molecule has 2 aliphatic heterocycles. The number of aromatic nitrogens is 3. The highest BCUT2D eigenvalue weighted by atomic mass is 32.2. The minimum absolute atomic E-state index is 0.0100. The molecule has 0 N–H and O–H groups in total. The van der Waals surface area contributed by atoms with Gasteiger partial charge in [-0.15, -0.1) is 0 Å². The Labute approximate surface area is 167 Å². The van der Waals surface area contributed by atoms with E-state index in [1.165, 1.54) is 33.9 Å². The number of methoxy groups -OCH3 is 1. The van der Waals surface area contributed by atoms with Gasteiger partial charge in [-0.1, -0.05) is 48.2 Å². The van der Waals surface area contributed by atoms with Crippen LogP contribution >= 0.6 is 11.8 Å². The van der Waals surface area contributed by atoms with Gasteiger partial charge in [0, 0.05) is 13.1 Å². The predicted molar refractivity (Wildman–Crippen MR) is 107 cm³/mol. The fourth-order valence-electron chi connectivity index (χ4n) is 4.10. The van der Waals surface area contributed by atoms with Crippen molar-refractivity contribution in [3.8, 4) is 5.75 Å². The number of thioether (sulfide) groups is 1. The highest BCUT2D eigenvalue weighted by Gasteiger charge is 2.43. The largest absolute Gasteiger partial charge is 0.497 e. The zero-order chi connectivity index (χ0) is 19.1. The lowest BCUT2D eigenvalue weighted by Gasteiger charge is -2.37. The fourth-order valence-corrected chi connectivity index (χ4v) is 5.33. The summed E-state index contributed by atoms with van der Waals surface area (Å²) in [4.78, 5) is 19.7. The van der Waals surface area contributed by atoms with Crippen molar-refractivity contribution in [2.75, 3.05) is 13.7 Å². The van der Waals surface area contributed by atoms with Gasteiger partial charge >= 0.3 is 0 Å². The van der Waals surface area contributed by atoms with Crippen molar-refractivity contribution in [1.29, 1.82) is 0 Å². The van der Waals surface area contributed by atoms with Crippen molar-refractivity contribution in [2.24, 2.45) is 0 Å². The van der Waals surface area contributed by atoms with Gasteiger partial charge in [0.25, 0.3) is 5.91 Å². The maximum absolute atomic E-state index is 13.1. The summed E-state index contributed by atoms with van der Waals surface area (Å²) in [6.45, 7) is 1.72.